The summed E-state index contributed by atoms with van der Waals surface area (Å²) in [5.41, 5.74) is 1.23. The van der Waals surface area contributed by atoms with Crippen molar-refractivity contribution in [3.8, 4) is 0 Å². The quantitative estimate of drug-likeness (QED) is 0.201. The topological polar surface area (TPSA) is 52.6 Å². The van der Waals surface area contributed by atoms with E-state index in [0.29, 0.717) is 0 Å². The normalized spacial score (nSPS) is 14.0. The number of nitrogens with zero attached hydrogens (tertiary/aromatic N) is 3. The fourth-order valence-electron chi connectivity index (χ4n) is 2.95. The van der Waals surface area contributed by atoms with Crippen LogP contribution in [0.4, 0.5) is 5.82 Å². The van der Waals surface area contributed by atoms with Gasteiger partial charge in [0.1, 0.15) is 5.82 Å². The molecule has 0 saturated carbocycles. The lowest BCUT2D eigenvalue weighted by Crippen LogP contribution is -2.38. The molecule has 1 aliphatic rings. The second kappa shape index (κ2) is 12.1. The molecule has 27 heavy (non-hydrogen) atoms. The van der Waals surface area contributed by atoms with E-state index in [9.17, 15) is 0 Å². The first-order chi connectivity index (χ1) is 12.8. The number of thioether (sulfide) groups is 1. The highest BCUT2D eigenvalue weighted by Gasteiger charge is 2.13. The van der Waals surface area contributed by atoms with Crippen LogP contribution in [0.2, 0.25) is 0 Å². The van der Waals surface area contributed by atoms with Crippen molar-refractivity contribution in [2.45, 2.75) is 24.3 Å². The van der Waals surface area contributed by atoms with Crippen molar-refractivity contribution >= 4 is 47.5 Å². The molecule has 7 heteroatoms. The highest BCUT2D eigenvalue weighted by atomic mass is 127. The van der Waals surface area contributed by atoms with Crippen LogP contribution in [0.1, 0.15) is 18.4 Å². The number of aliphatic imine (C=N–C) groups is 1. The summed E-state index contributed by atoms with van der Waals surface area (Å²) in [6, 6.07) is 14.7. The second-order valence-corrected chi connectivity index (χ2v) is 7.40. The van der Waals surface area contributed by atoms with Gasteiger partial charge in [0.05, 0.1) is 0 Å². The van der Waals surface area contributed by atoms with Crippen LogP contribution in [0, 0.1) is 0 Å². The van der Waals surface area contributed by atoms with Gasteiger partial charge in [-0.1, -0.05) is 18.2 Å². The summed E-state index contributed by atoms with van der Waals surface area (Å²) in [6.07, 6.45) is 4.43. The molecule has 0 bridgehead atoms. The van der Waals surface area contributed by atoms with Gasteiger partial charge in [0, 0.05) is 50.1 Å². The van der Waals surface area contributed by atoms with Gasteiger partial charge >= 0.3 is 0 Å². The van der Waals surface area contributed by atoms with E-state index in [1.807, 2.05) is 31.1 Å². The number of anilines is 1. The lowest BCUT2D eigenvalue weighted by molar-refractivity contribution is 0.828. The third kappa shape index (κ3) is 7.21. The summed E-state index contributed by atoms with van der Waals surface area (Å²) in [5, 5.41) is 6.76. The molecule has 0 aliphatic carbocycles. The zero-order valence-corrected chi connectivity index (χ0v) is 18.9. The molecular formula is C20H28IN5S. The van der Waals surface area contributed by atoms with Gasteiger partial charge in [-0.25, -0.2) is 4.98 Å². The van der Waals surface area contributed by atoms with E-state index in [4.69, 9.17) is 0 Å². The van der Waals surface area contributed by atoms with E-state index in [-0.39, 0.29) is 24.0 Å². The molecule has 146 valence electrons. The minimum Gasteiger partial charge on any atom is -0.357 e. The minimum absolute atomic E-state index is 0. The van der Waals surface area contributed by atoms with Crippen LogP contribution in [0.5, 0.6) is 0 Å². The van der Waals surface area contributed by atoms with E-state index in [2.05, 4.69) is 61.9 Å². The molecule has 2 heterocycles. The molecule has 1 fully saturated rings. The van der Waals surface area contributed by atoms with Gasteiger partial charge in [0.15, 0.2) is 5.96 Å². The van der Waals surface area contributed by atoms with Crippen LogP contribution in [0.3, 0.4) is 0 Å². The molecule has 2 aromatic rings. The molecule has 1 saturated heterocycles. The molecule has 1 aromatic carbocycles. The van der Waals surface area contributed by atoms with Gasteiger partial charge in [0.2, 0.25) is 0 Å². The molecule has 3 rings (SSSR count). The average Bonchev–Trinajstić information content (AvgIpc) is 3.23. The van der Waals surface area contributed by atoms with Crippen molar-refractivity contribution in [2.24, 2.45) is 4.99 Å². The molecule has 0 radical (unpaired) electrons. The zero-order chi connectivity index (χ0) is 18.0. The number of hydrogen-bond acceptors (Lipinski definition) is 4. The van der Waals surface area contributed by atoms with Gasteiger partial charge in [-0.3, -0.25) is 4.99 Å². The molecule has 0 spiro atoms. The summed E-state index contributed by atoms with van der Waals surface area (Å²) >= 11 is 1.84. The van der Waals surface area contributed by atoms with E-state index in [1.165, 1.54) is 23.3 Å². The summed E-state index contributed by atoms with van der Waals surface area (Å²) in [5.74, 6) is 2.92. The maximum atomic E-state index is 4.51. The van der Waals surface area contributed by atoms with Crippen molar-refractivity contribution in [1.29, 1.82) is 0 Å². The van der Waals surface area contributed by atoms with Gasteiger partial charge in [-0.2, -0.15) is 0 Å². The molecule has 1 aliphatic heterocycles. The Balaban J connectivity index is 0.00000261. The number of rotatable bonds is 7. The largest absolute Gasteiger partial charge is 0.357 e. The fraction of sp³-hybridized carbons (Fsp3) is 0.400. The Morgan fingerprint density at radius 3 is 2.67 bits per heavy atom. The number of hydrogen-bond donors (Lipinski definition) is 2. The number of benzene rings is 1. The van der Waals surface area contributed by atoms with Crippen molar-refractivity contribution < 1.29 is 0 Å². The SMILES string of the molecule is CN=C(NCCSc1ccccc1)NCc1ccnc(N2CCCC2)c1.I. The van der Waals surface area contributed by atoms with Crippen molar-refractivity contribution in [3.05, 3.63) is 54.2 Å². The molecule has 2 N–H and O–H groups in total. The second-order valence-electron chi connectivity index (χ2n) is 6.23. The first-order valence-electron chi connectivity index (χ1n) is 9.17. The maximum absolute atomic E-state index is 4.51. The third-order valence-corrected chi connectivity index (χ3v) is 5.34. The Hall–Kier alpha value is -1.48. The number of halogens is 1. The maximum Gasteiger partial charge on any atom is 0.191 e. The van der Waals surface area contributed by atoms with E-state index in [1.54, 1.807) is 0 Å². The summed E-state index contributed by atoms with van der Waals surface area (Å²) < 4.78 is 0. The first kappa shape index (κ1) is 21.8. The van der Waals surface area contributed by atoms with Crippen LogP contribution in [0.25, 0.3) is 0 Å². The monoisotopic (exact) mass is 497 g/mol. The Kier molecular flexibility index (Phi) is 9.75. The predicted molar refractivity (Wildman–Crippen MR) is 126 cm³/mol. The van der Waals surface area contributed by atoms with Crippen molar-refractivity contribution in [2.75, 3.05) is 37.3 Å². The van der Waals surface area contributed by atoms with Crippen LogP contribution in [0.15, 0.2) is 58.5 Å². The summed E-state index contributed by atoms with van der Waals surface area (Å²) in [7, 11) is 1.81. The number of nitrogens with one attached hydrogen (secondary N) is 2. The van der Waals surface area contributed by atoms with Crippen LogP contribution in [-0.2, 0) is 6.54 Å². The molecule has 0 unspecified atom stereocenters. The van der Waals surface area contributed by atoms with Crippen molar-refractivity contribution in [1.82, 2.24) is 15.6 Å². The molecule has 0 atom stereocenters. The van der Waals surface area contributed by atoms with Gasteiger partial charge in [0.25, 0.3) is 0 Å². The Morgan fingerprint density at radius 2 is 1.93 bits per heavy atom. The standard InChI is InChI=1S/C20H27N5S.HI/c1-21-20(23-11-14-26-18-7-3-2-4-8-18)24-16-17-9-10-22-19(15-17)25-12-5-6-13-25;/h2-4,7-10,15H,5-6,11-14,16H2,1H3,(H2,21,23,24);1H. The molecule has 1 aromatic heterocycles. The van der Waals surface area contributed by atoms with E-state index >= 15 is 0 Å². The summed E-state index contributed by atoms with van der Waals surface area (Å²) in [4.78, 5) is 12.5. The van der Waals surface area contributed by atoms with Crippen LogP contribution >= 0.6 is 35.7 Å². The van der Waals surface area contributed by atoms with E-state index in [0.717, 1.165) is 43.7 Å². The highest BCUT2D eigenvalue weighted by Crippen LogP contribution is 2.18. The third-order valence-electron chi connectivity index (χ3n) is 4.33. The average molecular weight is 497 g/mol. The van der Waals surface area contributed by atoms with Crippen LogP contribution in [-0.4, -0.2) is 43.4 Å². The molecular weight excluding hydrogens is 469 g/mol. The van der Waals surface area contributed by atoms with Crippen molar-refractivity contribution in [3.63, 3.8) is 0 Å². The lowest BCUT2D eigenvalue weighted by Gasteiger charge is -2.17. The lowest BCUT2D eigenvalue weighted by atomic mass is 10.2. The van der Waals surface area contributed by atoms with Crippen LogP contribution < -0.4 is 15.5 Å². The predicted octanol–water partition coefficient (Wildman–Crippen LogP) is 3.76. The Bertz CT molecular complexity index is 705. The van der Waals surface area contributed by atoms with Gasteiger partial charge in [-0.15, -0.1) is 35.7 Å². The Morgan fingerprint density at radius 1 is 1.15 bits per heavy atom. The zero-order valence-electron chi connectivity index (χ0n) is 15.7. The number of aromatic nitrogens is 1. The minimum atomic E-state index is 0. The van der Waals surface area contributed by atoms with Gasteiger partial charge in [-0.05, 0) is 42.7 Å². The molecule has 0 amide bonds. The van der Waals surface area contributed by atoms with E-state index < -0.39 is 0 Å². The van der Waals surface area contributed by atoms with Gasteiger partial charge < -0.3 is 15.5 Å². The Labute approximate surface area is 183 Å². The first-order valence-corrected chi connectivity index (χ1v) is 10.2. The molecule has 5 nitrogen and oxygen atoms in total. The smallest absolute Gasteiger partial charge is 0.191 e. The number of guanidine groups is 1. The summed E-state index contributed by atoms with van der Waals surface area (Å²) in [6.45, 7) is 3.85. The number of pyridine rings is 1. The fourth-order valence-corrected chi connectivity index (χ4v) is 3.74. The highest BCUT2D eigenvalue weighted by molar-refractivity contribution is 14.0.